The Hall–Kier alpha value is -1.38. The minimum absolute atomic E-state index is 0.0112. The Morgan fingerprint density at radius 1 is 1.47 bits per heavy atom. The number of benzene rings is 1. The van der Waals surface area contributed by atoms with Crippen molar-refractivity contribution >= 4 is 11.6 Å². The van der Waals surface area contributed by atoms with Crippen LogP contribution in [0.5, 0.6) is 0 Å². The molecule has 0 aromatic heterocycles. The van der Waals surface area contributed by atoms with E-state index in [1.54, 1.807) is 19.1 Å². The number of anilines is 1. The zero-order valence-electron chi connectivity index (χ0n) is 9.14. The first-order chi connectivity index (χ1) is 7.13. The van der Waals surface area contributed by atoms with Gasteiger partial charge in [-0.15, -0.1) is 0 Å². The molecule has 3 heteroatoms. The summed E-state index contributed by atoms with van der Waals surface area (Å²) >= 11 is 0. The molecule has 0 atom stereocenters. The molecule has 0 radical (unpaired) electrons. The second kappa shape index (κ2) is 5.49. The fourth-order valence-electron chi connectivity index (χ4n) is 1.28. The number of carbonyl (C=O) groups excluding carboxylic acids is 1. The van der Waals surface area contributed by atoms with Gasteiger partial charge in [-0.2, -0.15) is 0 Å². The maximum absolute atomic E-state index is 12.9. The molecule has 0 fully saturated rings. The molecule has 1 aromatic rings. The summed E-state index contributed by atoms with van der Waals surface area (Å²) < 4.78 is 12.9. The van der Waals surface area contributed by atoms with E-state index in [9.17, 15) is 9.18 Å². The summed E-state index contributed by atoms with van der Waals surface area (Å²) in [5, 5.41) is 2.74. The third-order valence-corrected chi connectivity index (χ3v) is 2.20. The van der Waals surface area contributed by atoms with Gasteiger partial charge >= 0.3 is 0 Å². The molecule has 0 aliphatic rings. The van der Waals surface area contributed by atoms with Crippen molar-refractivity contribution in [3.63, 3.8) is 0 Å². The van der Waals surface area contributed by atoms with Crippen LogP contribution in [0.4, 0.5) is 10.1 Å². The second-order valence-corrected chi connectivity index (χ2v) is 3.62. The highest BCUT2D eigenvalue weighted by molar-refractivity contribution is 5.90. The van der Waals surface area contributed by atoms with Crippen molar-refractivity contribution in [3.8, 4) is 0 Å². The number of amides is 1. The number of nitrogens with one attached hydrogen (secondary N) is 1. The normalized spacial score (nSPS) is 10.1. The molecule has 0 spiro atoms. The molecule has 1 rings (SSSR count). The van der Waals surface area contributed by atoms with E-state index in [4.69, 9.17) is 0 Å². The first-order valence-corrected chi connectivity index (χ1v) is 5.19. The Labute approximate surface area is 89.5 Å². The number of rotatable bonds is 4. The van der Waals surface area contributed by atoms with E-state index in [1.165, 1.54) is 6.07 Å². The van der Waals surface area contributed by atoms with Crippen LogP contribution in [0, 0.1) is 12.7 Å². The number of halogens is 1. The minimum Gasteiger partial charge on any atom is -0.326 e. The first-order valence-electron chi connectivity index (χ1n) is 5.19. The molecular weight excluding hydrogens is 193 g/mol. The molecule has 0 heterocycles. The zero-order chi connectivity index (χ0) is 11.3. The molecule has 0 unspecified atom stereocenters. The molecule has 2 nitrogen and oxygen atoms in total. The van der Waals surface area contributed by atoms with Gasteiger partial charge in [0, 0.05) is 12.1 Å². The van der Waals surface area contributed by atoms with Crippen LogP contribution >= 0.6 is 0 Å². The summed E-state index contributed by atoms with van der Waals surface area (Å²) in [6.07, 6.45) is 2.40. The lowest BCUT2D eigenvalue weighted by Gasteiger charge is -2.05. The zero-order valence-corrected chi connectivity index (χ0v) is 9.14. The molecule has 15 heavy (non-hydrogen) atoms. The number of hydrogen-bond acceptors (Lipinski definition) is 1. The Morgan fingerprint density at radius 3 is 2.80 bits per heavy atom. The van der Waals surface area contributed by atoms with E-state index in [0.29, 0.717) is 17.7 Å². The monoisotopic (exact) mass is 209 g/mol. The molecule has 0 aliphatic heterocycles. The van der Waals surface area contributed by atoms with Crippen LogP contribution in [0.3, 0.4) is 0 Å². The molecule has 0 aliphatic carbocycles. The maximum atomic E-state index is 12.9. The summed E-state index contributed by atoms with van der Waals surface area (Å²) in [7, 11) is 0. The van der Waals surface area contributed by atoms with Gasteiger partial charge < -0.3 is 5.32 Å². The third-order valence-electron chi connectivity index (χ3n) is 2.20. The molecule has 0 bridgehead atoms. The maximum Gasteiger partial charge on any atom is 0.224 e. The van der Waals surface area contributed by atoms with Crippen LogP contribution in [0.15, 0.2) is 18.2 Å². The lowest BCUT2D eigenvalue weighted by atomic mass is 10.2. The fraction of sp³-hybridized carbons (Fsp3) is 0.417. The quantitative estimate of drug-likeness (QED) is 0.810. The van der Waals surface area contributed by atoms with Gasteiger partial charge in [0.25, 0.3) is 0 Å². The lowest BCUT2D eigenvalue weighted by molar-refractivity contribution is -0.116. The van der Waals surface area contributed by atoms with Crippen LogP contribution in [0.25, 0.3) is 0 Å². The highest BCUT2D eigenvalue weighted by Gasteiger charge is 2.03. The van der Waals surface area contributed by atoms with Crippen molar-refractivity contribution in [2.24, 2.45) is 0 Å². The van der Waals surface area contributed by atoms with Crippen molar-refractivity contribution in [1.82, 2.24) is 0 Å². The molecule has 1 amide bonds. The molecule has 1 N–H and O–H groups in total. The Morgan fingerprint density at radius 2 is 2.20 bits per heavy atom. The third kappa shape index (κ3) is 3.70. The Bertz CT molecular complexity index is 349. The van der Waals surface area contributed by atoms with Crippen LogP contribution < -0.4 is 5.32 Å². The minimum atomic E-state index is -0.249. The largest absolute Gasteiger partial charge is 0.326 e. The molecule has 82 valence electrons. The highest BCUT2D eigenvalue weighted by atomic mass is 19.1. The van der Waals surface area contributed by atoms with Crippen LogP contribution in [-0.4, -0.2) is 5.91 Å². The first kappa shape index (κ1) is 11.7. The van der Waals surface area contributed by atoms with Gasteiger partial charge in [0.15, 0.2) is 0 Å². The average molecular weight is 209 g/mol. The van der Waals surface area contributed by atoms with Gasteiger partial charge in [-0.1, -0.05) is 13.3 Å². The standard InChI is InChI=1S/C12H16FNO/c1-3-4-5-12(15)14-10-6-7-11(13)9(2)8-10/h6-8H,3-5H2,1-2H3,(H,14,15). The van der Waals surface area contributed by atoms with Gasteiger partial charge in [0.1, 0.15) is 5.82 Å². The molecule has 0 saturated carbocycles. The topological polar surface area (TPSA) is 29.1 Å². The van der Waals surface area contributed by atoms with E-state index in [0.717, 1.165) is 12.8 Å². The highest BCUT2D eigenvalue weighted by Crippen LogP contribution is 2.14. The smallest absolute Gasteiger partial charge is 0.224 e. The summed E-state index contributed by atoms with van der Waals surface area (Å²) in [4.78, 5) is 11.4. The molecule has 1 aromatic carbocycles. The van der Waals surface area contributed by atoms with Crippen molar-refractivity contribution in [3.05, 3.63) is 29.6 Å². The molecular formula is C12H16FNO. The van der Waals surface area contributed by atoms with Gasteiger partial charge in [-0.05, 0) is 37.1 Å². The van der Waals surface area contributed by atoms with E-state index in [1.807, 2.05) is 6.92 Å². The number of hydrogen-bond donors (Lipinski definition) is 1. The van der Waals surface area contributed by atoms with Crippen molar-refractivity contribution < 1.29 is 9.18 Å². The predicted octanol–water partition coefficient (Wildman–Crippen LogP) is 3.26. The Kier molecular flexibility index (Phi) is 4.28. The van der Waals surface area contributed by atoms with Gasteiger partial charge in [0.05, 0.1) is 0 Å². The summed E-state index contributed by atoms with van der Waals surface area (Å²) in [6, 6.07) is 4.58. The van der Waals surface area contributed by atoms with Crippen LogP contribution in [0.2, 0.25) is 0 Å². The van der Waals surface area contributed by atoms with Crippen molar-refractivity contribution in [2.75, 3.05) is 5.32 Å². The number of aryl methyl sites for hydroxylation is 1. The lowest BCUT2D eigenvalue weighted by Crippen LogP contribution is -2.11. The van der Waals surface area contributed by atoms with E-state index in [-0.39, 0.29) is 11.7 Å². The van der Waals surface area contributed by atoms with E-state index >= 15 is 0 Å². The summed E-state index contributed by atoms with van der Waals surface area (Å²) in [6.45, 7) is 3.71. The molecule has 0 saturated heterocycles. The van der Waals surface area contributed by atoms with Gasteiger partial charge in [-0.3, -0.25) is 4.79 Å². The van der Waals surface area contributed by atoms with Crippen LogP contribution in [0.1, 0.15) is 31.7 Å². The van der Waals surface area contributed by atoms with E-state index < -0.39 is 0 Å². The Balaban J connectivity index is 2.57. The van der Waals surface area contributed by atoms with Crippen molar-refractivity contribution in [1.29, 1.82) is 0 Å². The van der Waals surface area contributed by atoms with Crippen LogP contribution in [-0.2, 0) is 4.79 Å². The van der Waals surface area contributed by atoms with E-state index in [2.05, 4.69) is 5.32 Å². The fourth-order valence-corrected chi connectivity index (χ4v) is 1.28. The van der Waals surface area contributed by atoms with Crippen molar-refractivity contribution in [2.45, 2.75) is 33.1 Å². The average Bonchev–Trinajstić information content (AvgIpc) is 2.20. The predicted molar refractivity (Wildman–Crippen MR) is 59.3 cm³/mol. The van der Waals surface area contributed by atoms with Gasteiger partial charge in [-0.25, -0.2) is 4.39 Å². The summed E-state index contributed by atoms with van der Waals surface area (Å²) in [5.41, 5.74) is 1.21. The summed E-state index contributed by atoms with van der Waals surface area (Å²) in [5.74, 6) is -0.260. The number of unbranched alkanes of at least 4 members (excludes halogenated alkanes) is 1. The SMILES string of the molecule is CCCCC(=O)Nc1ccc(F)c(C)c1. The van der Waals surface area contributed by atoms with Gasteiger partial charge in [0.2, 0.25) is 5.91 Å². The number of carbonyl (C=O) groups is 1. The second-order valence-electron chi connectivity index (χ2n) is 3.62.